The monoisotopic (exact) mass is 295 g/mol. The van der Waals surface area contributed by atoms with E-state index >= 15 is 0 Å². The average Bonchev–Trinajstić information content (AvgIpc) is 2.45. The summed E-state index contributed by atoms with van der Waals surface area (Å²) in [7, 11) is 0. The number of carbonyl (C=O) groups is 2. The van der Waals surface area contributed by atoms with E-state index in [1.54, 1.807) is 36.0 Å². The fourth-order valence-corrected chi connectivity index (χ4v) is 2.73. The number of hydrogen-bond acceptors (Lipinski definition) is 3. The lowest BCUT2D eigenvalue weighted by molar-refractivity contribution is -0.136. The van der Waals surface area contributed by atoms with Crippen LogP contribution in [0.5, 0.6) is 0 Å². The van der Waals surface area contributed by atoms with Crippen LogP contribution in [0.2, 0.25) is 0 Å². The maximum atomic E-state index is 12.2. The summed E-state index contributed by atoms with van der Waals surface area (Å²) in [4.78, 5) is 24.4. The molecule has 0 aliphatic carbocycles. The molecule has 4 nitrogen and oxygen atoms in total. The van der Waals surface area contributed by atoms with Gasteiger partial charge in [-0.3, -0.25) is 9.59 Å². The smallest absolute Gasteiger partial charge is 0.323 e. The first-order valence-corrected chi connectivity index (χ1v) is 7.95. The van der Waals surface area contributed by atoms with Crippen LogP contribution >= 0.6 is 11.8 Å². The molecule has 5 heteroatoms. The molecule has 1 rings (SSSR count). The molecule has 0 atom stereocenters. The van der Waals surface area contributed by atoms with Crippen molar-refractivity contribution in [2.75, 3.05) is 23.0 Å². The molecule has 0 radical (unpaired) electrons. The lowest BCUT2D eigenvalue weighted by atomic mass is 10.2. The molecule has 110 valence electrons. The molecule has 0 saturated carbocycles. The van der Waals surface area contributed by atoms with E-state index in [2.05, 4.69) is 6.92 Å². The SMILES string of the molecule is CCCCSCCC(=O)N(CC(=O)O)c1ccccc1. The van der Waals surface area contributed by atoms with E-state index in [0.717, 1.165) is 24.3 Å². The van der Waals surface area contributed by atoms with Gasteiger partial charge < -0.3 is 10.0 Å². The van der Waals surface area contributed by atoms with E-state index < -0.39 is 5.97 Å². The zero-order valence-electron chi connectivity index (χ0n) is 11.7. The molecule has 0 spiro atoms. The van der Waals surface area contributed by atoms with Gasteiger partial charge in [0, 0.05) is 17.9 Å². The summed E-state index contributed by atoms with van der Waals surface area (Å²) in [6, 6.07) is 8.95. The van der Waals surface area contributed by atoms with E-state index in [-0.39, 0.29) is 12.5 Å². The predicted octanol–water partition coefficient (Wildman–Crippen LogP) is 3.03. The fraction of sp³-hybridized carbons (Fsp3) is 0.467. The average molecular weight is 295 g/mol. The maximum absolute atomic E-state index is 12.2. The standard InChI is InChI=1S/C15H21NO3S/c1-2-3-10-20-11-9-14(17)16(12-15(18)19)13-7-5-4-6-8-13/h4-8H,2-3,9-12H2,1H3,(H,18,19). The Morgan fingerprint density at radius 2 is 1.90 bits per heavy atom. The highest BCUT2D eigenvalue weighted by Crippen LogP contribution is 2.15. The molecule has 0 unspecified atom stereocenters. The molecule has 1 amide bonds. The minimum atomic E-state index is -0.999. The van der Waals surface area contributed by atoms with Crippen molar-refractivity contribution >= 4 is 29.3 Å². The molecular formula is C15H21NO3S. The van der Waals surface area contributed by atoms with Gasteiger partial charge >= 0.3 is 5.97 Å². The van der Waals surface area contributed by atoms with Gasteiger partial charge in [0.2, 0.25) is 5.91 Å². The van der Waals surface area contributed by atoms with Crippen LogP contribution in [-0.2, 0) is 9.59 Å². The number of carbonyl (C=O) groups excluding carboxylic acids is 1. The number of unbranched alkanes of at least 4 members (excludes halogenated alkanes) is 1. The van der Waals surface area contributed by atoms with Crippen molar-refractivity contribution in [1.29, 1.82) is 0 Å². The highest BCUT2D eigenvalue weighted by molar-refractivity contribution is 7.99. The van der Waals surface area contributed by atoms with Crippen LogP contribution in [0.15, 0.2) is 30.3 Å². The third-order valence-corrected chi connectivity index (χ3v) is 3.83. The Morgan fingerprint density at radius 3 is 2.50 bits per heavy atom. The third-order valence-electron chi connectivity index (χ3n) is 2.76. The fourth-order valence-electron chi connectivity index (χ4n) is 1.71. The second-order valence-corrected chi connectivity index (χ2v) is 5.65. The number of amides is 1. The first-order chi connectivity index (χ1) is 9.65. The van der Waals surface area contributed by atoms with Crippen LogP contribution < -0.4 is 4.90 Å². The van der Waals surface area contributed by atoms with Crippen molar-refractivity contribution in [3.05, 3.63) is 30.3 Å². The molecule has 1 N–H and O–H groups in total. The number of thioether (sulfide) groups is 1. The molecule has 1 aromatic carbocycles. The number of carboxylic acids is 1. The summed E-state index contributed by atoms with van der Waals surface area (Å²) in [6.07, 6.45) is 2.67. The third kappa shape index (κ3) is 6.10. The van der Waals surface area contributed by atoms with E-state index in [0.29, 0.717) is 12.1 Å². The van der Waals surface area contributed by atoms with Crippen LogP contribution in [0, 0.1) is 0 Å². The summed E-state index contributed by atoms with van der Waals surface area (Å²) in [5.74, 6) is 0.652. The molecule has 0 aliphatic heterocycles. The molecule has 0 fully saturated rings. The van der Waals surface area contributed by atoms with Crippen molar-refractivity contribution in [1.82, 2.24) is 0 Å². The molecule has 0 heterocycles. The maximum Gasteiger partial charge on any atom is 0.323 e. The molecule has 1 aromatic rings. The van der Waals surface area contributed by atoms with Gasteiger partial charge in [0.05, 0.1) is 0 Å². The zero-order valence-corrected chi connectivity index (χ0v) is 12.6. The number of hydrogen-bond donors (Lipinski definition) is 1. The number of carboxylic acid groups (broad SMARTS) is 1. The van der Waals surface area contributed by atoms with Crippen molar-refractivity contribution in [2.45, 2.75) is 26.2 Å². The Bertz CT molecular complexity index is 422. The van der Waals surface area contributed by atoms with Crippen LogP contribution in [0.1, 0.15) is 26.2 Å². The van der Waals surface area contributed by atoms with Crippen molar-refractivity contribution in [3.63, 3.8) is 0 Å². The second kappa shape index (κ2) is 9.42. The number of nitrogens with zero attached hydrogens (tertiary/aromatic N) is 1. The Morgan fingerprint density at radius 1 is 1.20 bits per heavy atom. The van der Waals surface area contributed by atoms with Gasteiger partial charge in [-0.15, -0.1) is 0 Å². The number of para-hydroxylation sites is 1. The van der Waals surface area contributed by atoms with E-state index in [1.807, 2.05) is 6.07 Å². The number of aliphatic carboxylic acids is 1. The normalized spacial score (nSPS) is 10.2. The van der Waals surface area contributed by atoms with Crippen molar-refractivity contribution in [3.8, 4) is 0 Å². The topological polar surface area (TPSA) is 57.6 Å². The van der Waals surface area contributed by atoms with Gasteiger partial charge in [-0.25, -0.2) is 0 Å². The van der Waals surface area contributed by atoms with E-state index in [1.165, 1.54) is 4.90 Å². The molecule has 0 aliphatic rings. The summed E-state index contributed by atoms with van der Waals surface area (Å²) < 4.78 is 0. The minimum absolute atomic E-state index is 0.136. The Hall–Kier alpha value is -1.49. The van der Waals surface area contributed by atoms with Crippen LogP contribution in [0.4, 0.5) is 5.69 Å². The summed E-state index contributed by atoms with van der Waals surface area (Å²) >= 11 is 1.74. The first-order valence-electron chi connectivity index (χ1n) is 6.80. The number of rotatable bonds is 9. The summed E-state index contributed by atoms with van der Waals surface area (Å²) in [6.45, 7) is 1.85. The number of anilines is 1. The lowest BCUT2D eigenvalue weighted by Gasteiger charge is -2.20. The lowest BCUT2D eigenvalue weighted by Crippen LogP contribution is -2.35. The number of benzene rings is 1. The second-order valence-electron chi connectivity index (χ2n) is 4.43. The van der Waals surface area contributed by atoms with Gasteiger partial charge in [-0.2, -0.15) is 11.8 Å². The Kier molecular flexibility index (Phi) is 7.80. The summed E-state index contributed by atoms with van der Waals surface area (Å²) in [5.41, 5.74) is 0.637. The summed E-state index contributed by atoms with van der Waals surface area (Å²) in [5, 5.41) is 8.94. The van der Waals surface area contributed by atoms with Gasteiger partial charge in [-0.05, 0) is 24.3 Å². The molecule has 0 bridgehead atoms. The van der Waals surface area contributed by atoms with Crippen LogP contribution in [0.3, 0.4) is 0 Å². The van der Waals surface area contributed by atoms with Gasteiger partial charge in [0.25, 0.3) is 0 Å². The quantitative estimate of drug-likeness (QED) is 0.711. The predicted molar refractivity (Wildman–Crippen MR) is 83.3 cm³/mol. The van der Waals surface area contributed by atoms with Crippen LogP contribution in [0.25, 0.3) is 0 Å². The molecule has 20 heavy (non-hydrogen) atoms. The van der Waals surface area contributed by atoms with Gasteiger partial charge in [0.1, 0.15) is 6.54 Å². The van der Waals surface area contributed by atoms with Crippen molar-refractivity contribution < 1.29 is 14.7 Å². The minimum Gasteiger partial charge on any atom is -0.480 e. The first kappa shape index (κ1) is 16.6. The van der Waals surface area contributed by atoms with Crippen LogP contribution in [-0.4, -0.2) is 35.0 Å². The highest BCUT2D eigenvalue weighted by atomic mass is 32.2. The van der Waals surface area contributed by atoms with E-state index in [9.17, 15) is 9.59 Å². The Balaban J connectivity index is 2.55. The zero-order chi connectivity index (χ0) is 14.8. The van der Waals surface area contributed by atoms with E-state index in [4.69, 9.17) is 5.11 Å². The molecular weight excluding hydrogens is 274 g/mol. The van der Waals surface area contributed by atoms with Gasteiger partial charge in [-0.1, -0.05) is 31.5 Å². The molecule has 0 saturated heterocycles. The van der Waals surface area contributed by atoms with Crippen molar-refractivity contribution in [2.24, 2.45) is 0 Å². The van der Waals surface area contributed by atoms with Gasteiger partial charge in [0.15, 0.2) is 0 Å². The largest absolute Gasteiger partial charge is 0.480 e. The molecule has 0 aromatic heterocycles. The Labute approximate surface area is 124 Å². The highest BCUT2D eigenvalue weighted by Gasteiger charge is 2.18.